The van der Waals surface area contributed by atoms with Gasteiger partial charge < -0.3 is 14.5 Å². The summed E-state index contributed by atoms with van der Waals surface area (Å²) in [6, 6.07) is 6.92. The standard InChI is InChI=1S/C17H17N5O5/c23-15(12-27-16(24)13-3-1-4-14(11-13)22(25)26)20-7-9-21(10-8-20)17-18-5-2-6-19-17/h1-6,11H,7-10,12H2. The molecule has 1 saturated heterocycles. The molecule has 1 aromatic heterocycles. The van der Waals surface area contributed by atoms with Crippen LogP contribution in [-0.2, 0) is 9.53 Å². The number of hydrogen-bond acceptors (Lipinski definition) is 8. The molecule has 0 radical (unpaired) electrons. The average Bonchev–Trinajstić information content (AvgIpc) is 2.72. The van der Waals surface area contributed by atoms with Gasteiger partial charge in [-0.25, -0.2) is 14.8 Å². The number of anilines is 1. The molecule has 1 aromatic carbocycles. The lowest BCUT2D eigenvalue weighted by atomic mass is 10.2. The predicted molar refractivity (Wildman–Crippen MR) is 94.2 cm³/mol. The molecule has 0 aliphatic carbocycles. The first-order valence-corrected chi connectivity index (χ1v) is 8.26. The summed E-state index contributed by atoms with van der Waals surface area (Å²) in [5.41, 5.74) is -0.182. The molecule has 1 fully saturated rings. The van der Waals surface area contributed by atoms with E-state index in [2.05, 4.69) is 9.97 Å². The maximum Gasteiger partial charge on any atom is 0.338 e. The normalized spacial score (nSPS) is 13.9. The van der Waals surface area contributed by atoms with Crippen LogP contribution >= 0.6 is 0 Å². The van der Waals surface area contributed by atoms with Crippen LogP contribution in [0.3, 0.4) is 0 Å². The van der Waals surface area contributed by atoms with Crippen molar-refractivity contribution in [3.05, 3.63) is 58.4 Å². The Bertz CT molecular complexity index is 837. The van der Waals surface area contributed by atoms with Gasteiger partial charge in [0.15, 0.2) is 6.61 Å². The highest BCUT2D eigenvalue weighted by atomic mass is 16.6. The van der Waals surface area contributed by atoms with E-state index in [0.29, 0.717) is 32.1 Å². The molecule has 27 heavy (non-hydrogen) atoms. The molecular formula is C17H17N5O5. The molecule has 10 nitrogen and oxygen atoms in total. The van der Waals surface area contributed by atoms with E-state index in [-0.39, 0.29) is 17.2 Å². The Labute approximate surface area is 154 Å². The maximum absolute atomic E-state index is 12.2. The van der Waals surface area contributed by atoms with E-state index < -0.39 is 17.5 Å². The van der Waals surface area contributed by atoms with Gasteiger partial charge in [0.2, 0.25) is 5.95 Å². The number of nitro groups is 1. The number of non-ortho nitro benzene ring substituents is 1. The third kappa shape index (κ3) is 4.54. The second-order valence-electron chi connectivity index (χ2n) is 5.80. The van der Waals surface area contributed by atoms with Crippen LogP contribution < -0.4 is 4.90 Å². The van der Waals surface area contributed by atoms with E-state index in [9.17, 15) is 19.7 Å². The molecule has 0 saturated carbocycles. The Balaban J connectivity index is 1.49. The van der Waals surface area contributed by atoms with E-state index in [4.69, 9.17) is 4.74 Å². The zero-order valence-corrected chi connectivity index (χ0v) is 14.4. The van der Waals surface area contributed by atoms with Crippen molar-refractivity contribution in [1.29, 1.82) is 0 Å². The van der Waals surface area contributed by atoms with E-state index in [0.717, 1.165) is 6.07 Å². The number of nitrogens with zero attached hydrogens (tertiary/aromatic N) is 5. The van der Waals surface area contributed by atoms with Gasteiger partial charge in [0.05, 0.1) is 10.5 Å². The molecule has 0 spiro atoms. The fourth-order valence-corrected chi connectivity index (χ4v) is 2.66. The summed E-state index contributed by atoms with van der Waals surface area (Å²) in [6.07, 6.45) is 3.32. The lowest BCUT2D eigenvalue weighted by Crippen LogP contribution is -2.50. The number of ether oxygens (including phenoxy) is 1. The van der Waals surface area contributed by atoms with Gasteiger partial charge in [0.25, 0.3) is 11.6 Å². The summed E-state index contributed by atoms with van der Waals surface area (Å²) >= 11 is 0. The Kier molecular flexibility index (Phi) is 5.55. The minimum atomic E-state index is -0.775. The van der Waals surface area contributed by atoms with Gasteiger partial charge in [0.1, 0.15) is 0 Å². The van der Waals surface area contributed by atoms with Gasteiger partial charge in [-0.1, -0.05) is 6.07 Å². The summed E-state index contributed by atoms with van der Waals surface area (Å²) in [5, 5.41) is 10.8. The quantitative estimate of drug-likeness (QED) is 0.432. The first kappa shape index (κ1) is 18.2. The van der Waals surface area contributed by atoms with Gasteiger partial charge in [-0.2, -0.15) is 0 Å². The van der Waals surface area contributed by atoms with Crippen LogP contribution in [0.5, 0.6) is 0 Å². The molecule has 0 atom stereocenters. The summed E-state index contributed by atoms with van der Waals surface area (Å²) < 4.78 is 5.00. The average molecular weight is 371 g/mol. The highest BCUT2D eigenvalue weighted by molar-refractivity contribution is 5.92. The molecule has 1 amide bonds. The number of benzene rings is 1. The van der Waals surface area contributed by atoms with Crippen LogP contribution in [0.2, 0.25) is 0 Å². The minimum Gasteiger partial charge on any atom is -0.452 e. The number of hydrogen-bond donors (Lipinski definition) is 0. The number of esters is 1. The van der Waals surface area contributed by atoms with Gasteiger partial charge in [-0.3, -0.25) is 14.9 Å². The van der Waals surface area contributed by atoms with Gasteiger partial charge in [-0.15, -0.1) is 0 Å². The molecule has 2 heterocycles. The van der Waals surface area contributed by atoms with Crippen molar-refractivity contribution in [1.82, 2.24) is 14.9 Å². The van der Waals surface area contributed by atoms with Gasteiger partial charge in [-0.05, 0) is 12.1 Å². The van der Waals surface area contributed by atoms with Crippen molar-refractivity contribution in [2.45, 2.75) is 0 Å². The number of carbonyl (C=O) groups excluding carboxylic acids is 2. The number of carbonyl (C=O) groups is 2. The van der Waals surface area contributed by atoms with Crippen LogP contribution in [-0.4, -0.2) is 64.5 Å². The van der Waals surface area contributed by atoms with Crippen LogP contribution in [0.4, 0.5) is 11.6 Å². The fourth-order valence-electron chi connectivity index (χ4n) is 2.66. The van der Waals surface area contributed by atoms with E-state index in [1.54, 1.807) is 23.4 Å². The van der Waals surface area contributed by atoms with Gasteiger partial charge in [0, 0.05) is 50.7 Å². The summed E-state index contributed by atoms with van der Waals surface area (Å²) in [4.78, 5) is 46.3. The second-order valence-corrected chi connectivity index (χ2v) is 5.80. The third-order valence-electron chi connectivity index (χ3n) is 4.09. The van der Waals surface area contributed by atoms with Crippen molar-refractivity contribution >= 4 is 23.5 Å². The molecule has 140 valence electrons. The van der Waals surface area contributed by atoms with Gasteiger partial charge >= 0.3 is 5.97 Å². The Morgan fingerprint density at radius 2 is 1.81 bits per heavy atom. The molecule has 1 aliphatic heterocycles. The van der Waals surface area contributed by atoms with Crippen molar-refractivity contribution < 1.29 is 19.2 Å². The van der Waals surface area contributed by atoms with Crippen LogP contribution in [0.25, 0.3) is 0 Å². The second kappa shape index (κ2) is 8.21. The maximum atomic E-state index is 12.2. The molecule has 2 aromatic rings. The zero-order chi connectivity index (χ0) is 19.2. The Hall–Kier alpha value is -3.56. The molecule has 0 unspecified atom stereocenters. The smallest absolute Gasteiger partial charge is 0.338 e. The topological polar surface area (TPSA) is 119 Å². The van der Waals surface area contributed by atoms with E-state index in [1.165, 1.54) is 18.2 Å². The molecule has 1 aliphatic rings. The van der Waals surface area contributed by atoms with Crippen molar-refractivity contribution in [2.24, 2.45) is 0 Å². The van der Waals surface area contributed by atoms with Crippen LogP contribution in [0.1, 0.15) is 10.4 Å². The summed E-state index contributed by atoms with van der Waals surface area (Å²) in [5.74, 6) is -0.479. The summed E-state index contributed by atoms with van der Waals surface area (Å²) in [7, 11) is 0. The molecule has 0 N–H and O–H groups in total. The number of amides is 1. The Morgan fingerprint density at radius 3 is 2.48 bits per heavy atom. The van der Waals surface area contributed by atoms with Crippen LogP contribution in [0.15, 0.2) is 42.7 Å². The molecule has 10 heteroatoms. The molecule has 0 bridgehead atoms. The monoisotopic (exact) mass is 371 g/mol. The van der Waals surface area contributed by atoms with Crippen molar-refractivity contribution in [2.75, 3.05) is 37.7 Å². The first-order valence-electron chi connectivity index (χ1n) is 8.26. The molecule has 3 rings (SSSR count). The van der Waals surface area contributed by atoms with Crippen LogP contribution in [0, 0.1) is 10.1 Å². The zero-order valence-electron chi connectivity index (χ0n) is 14.4. The summed E-state index contributed by atoms with van der Waals surface area (Å²) in [6.45, 7) is 1.67. The van der Waals surface area contributed by atoms with Crippen molar-refractivity contribution in [3.8, 4) is 0 Å². The highest BCUT2D eigenvalue weighted by Gasteiger charge is 2.23. The fraction of sp³-hybridized carbons (Fsp3) is 0.294. The van der Waals surface area contributed by atoms with E-state index >= 15 is 0 Å². The number of rotatable bonds is 5. The Morgan fingerprint density at radius 1 is 1.11 bits per heavy atom. The predicted octanol–water partition coefficient (Wildman–Crippen LogP) is 0.890. The SMILES string of the molecule is O=C(OCC(=O)N1CCN(c2ncccn2)CC1)c1cccc([N+](=O)[O-])c1. The lowest BCUT2D eigenvalue weighted by molar-refractivity contribution is -0.384. The number of piperazine rings is 1. The molecular weight excluding hydrogens is 354 g/mol. The van der Waals surface area contributed by atoms with E-state index in [1.807, 2.05) is 4.90 Å². The number of nitro benzene ring substituents is 1. The largest absolute Gasteiger partial charge is 0.452 e. The minimum absolute atomic E-state index is 0.0306. The number of aromatic nitrogens is 2. The van der Waals surface area contributed by atoms with Crippen molar-refractivity contribution in [3.63, 3.8) is 0 Å². The highest BCUT2D eigenvalue weighted by Crippen LogP contribution is 2.14. The lowest BCUT2D eigenvalue weighted by Gasteiger charge is -2.34. The first-order chi connectivity index (χ1) is 13.0. The third-order valence-corrected chi connectivity index (χ3v) is 4.09.